The molecule has 3 nitrogen and oxygen atoms in total. The molecule has 0 aliphatic rings. The van der Waals surface area contributed by atoms with Gasteiger partial charge >= 0.3 is 0 Å². The molecular weight excluding hydrogens is 78.1 g/mol. The average molecular weight is 85.1 g/mol. The molecule has 0 radical (unpaired) electrons. The Balaban J connectivity index is 3.44. The van der Waals surface area contributed by atoms with Gasteiger partial charge in [0, 0.05) is 11.5 Å². The molecule has 0 atom stereocenters. The maximum atomic E-state index is 7.69. The molecule has 0 fully saturated rings. The van der Waals surface area contributed by atoms with Gasteiger partial charge < -0.3 is 0 Å². The summed E-state index contributed by atoms with van der Waals surface area (Å²) in [5, 5.41) is 3.08. The summed E-state index contributed by atoms with van der Waals surface area (Å²) >= 11 is 0. The van der Waals surface area contributed by atoms with Gasteiger partial charge in [-0.1, -0.05) is 11.2 Å². The minimum atomic E-state index is -0.322. The Morgan fingerprint density at radius 2 is 3.17 bits per heavy atom. The number of rotatable bonds is 2. The zero-order chi connectivity index (χ0) is 6.41. The van der Waals surface area contributed by atoms with Crippen molar-refractivity contribution in [1.82, 2.24) is 0 Å². The molecule has 32 valence electrons. The second-order valence-corrected chi connectivity index (χ2v) is 0.618. The summed E-state index contributed by atoms with van der Waals surface area (Å²) in [6.45, 7) is -0.226. The highest BCUT2D eigenvalue weighted by Gasteiger charge is 1.57. The number of azide groups is 1. The average Bonchev–Trinajstić information content (AvgIpc) is 1.66. The molecule has 0 aliphatic carbocycles. The van der Waals surface area contributed by atoms with Gasteiger partial charge in [-0.05, 0) is 5.53 Å². The van der Waals surface area contributed by atoms with Crippen LogP contribution >= 0.6 is 0 Å². The van der Waals surface area contributed by atoms with E-state index in [2.05, 4.69) is 10.0 Å². The van der Waals surface area contributed by atoms with E-state index in [0.717, 1.165) is 0 Å². The molecule has 0 aromatic rings. The minimum absolute atomic E-state index is 0.0961. The summed E-state index contributed by atoms with van der Waals surface area (Å²) in [7, 11) is 0. The van der Waals surface area contributed by atoms with Crippen molar-refractivity contribution >= 4 is 0 Å². The normalized spacial score (nSPS) is 10.0. The van der Waals surface area contributed by atoms with Crippen LogP contribution in [0.3, 0.4) is 0 Å². The number of hydrogen-bond acceptors (Lipinski definition) is 1. The molecule has 0 bridgehead atoms. The van der Waals surface area contributed by atoms with Gasteiger partial charge in [-0.3, -0.25) is 0 Å². The molecule has 0 aromatic carbocycles. The topological polar surface area (TPSA) is 48.8 Å². The summed E-state index contributed by atoms with van der Waals surface area (Å²) in [5.74, 6) is 0. The first-order chi connectivity index (χ1) is 3.77. The van der Waals surface area contributed by atoms with Crippen molar-refractivity contribution in [2.24, 2.45) is 5.11 Å². The lowest BCUT2D eigenvalue weighted by atomic mass is 10.7. The molecule has 0 amide bonds. The Hall–Kier alpha value is -0.950. The molecule has 0 saturated carbocycles. The predicted molar refractivity (Wildman–Crippen MR) is 24.2 cm³/mol. The zero-order valence-corrected chi connectivity index (χ0v) is 3.13. The monoisotopic (exact) mass is 85.1 g/mol. The molecule has 0 saturated heterocycles. The van der Waals surface area contributed by atoms with Crippen molar-refractivity contribution < 1.29 is 2.74 Å². The van der Waals surface area contributed by atoms with Crippen LogP contribution in [0.5, 0.6) is 0 Å². The highest BCUT2D eigenvalue weighted by Crippen LogP contribution is 1.67. The van der Waals surface area contributed by atoms with Crippen molar-refractivity contribution in [2.45, 2.75) is 0 Å². The highest BCUT2D eigenvalue weighted by atomic mass is 15.1. The van der Waals surface area contributed by atoms with E-state index in [0.29, 0.717) is 0 Å². The molecule has 0 N–H and O–H groups in total. The van der Waals surface area contributed by atoms with Crippen molar-refractivity contribution in [3.05, 3.63) is 23.0 Å². The Kier molecular flexibility index (Phi) is 1.53. The third-order valence-electron chi connectivity index (χ3n) is 0.236. The van der Waals surface area contributed by atoms with E-state index >= 15 is 0 Å². The van der Waals surface area contributed by atoms with Gasteiger partial charge in [0.15, 0.2) is 0 Å². The van der Waals surface area contributed by atoms with E-state index in [1.54, 1.807) is 0 Å². The third-order valence-corrected chi connectivity index (χ3v) is 0.236. The predicted octanol–water partition coefficient (Wildman–Crippen LogP) is 1.48. The number of hydrogen-bond donors (Lipinski definition) is 0. The maximum absolute atomic E-state index is 7.69. The second kappa shape index (κ2) is 4.05. The van der Waals surface area contributed by atoms with Crippen LogP contribution in [0.4, 0.5) is 0 Å². The second-order valence-electron chi connectivity index (χ2n) is 0.618. The molecule has 0 unspecified atom stereocenters. The SMILES string of the molecule is [2H]C([2H])=CCN=[N+]=[N-]. The fourth-order valence-corrected chi connectivity index (χ4v) is 0.0773. The molecule has 0 heterocycles. The van der Waals surface area contributed by atoms with Crippen molar-refractivity contribution in [3.8, 4) is 0 Å². The van der Waals surface area contributed by atoms with Crippen LogP contribution in [-0.4, -0.2) is 6.54 Å². The summed E-state index contributed by atoms with van der Waals surface area (Å²) in [6, 6.07) is 0. The van der Waals surface area contributed by atoms with Crippen LogP contribution in [0.25, 0.3) is 10.4 Å². The van der Waals surface area contributed by atoms with Gasteiger partial charge in [0.05, 0.1) is 2.74 Å². The molecule has 0 rings (SSSR count). The lowest BCUT2D eigenvalue weighted by Gasteiger charge is -1.63. The lowest BCUT2D eigenvalue weighted by molar-refractivity contribution is 1.22. The molecule has 0 aliphatic heterocycles. The van der Waals surface area contributed by atoms with Gasteiger partial charge in [-0.2, -0.15) is 0 Å². The zero-order valence-electron chi connectivity index (χ0n) is 5.13. The standard InChI is InChI=1S/C3H5N3/c1-2-3-5-6-4/h2H,1,3H2/i1D2. The van der Waals surface area contributed by atoms with E-state index in [-0.39, 0.29) is 13.1 Å². The smallest absolute Gasteiger partial charge is 0.0534 e. The number of nitrogens with zero attached hydrogens (tertiary/aromatic N) is 3. The molecular formula is C3H5N3. The summed E-state index contributed by atoms with van der Waals surface area (Å²) < 4.78 is 13.0. The van der Waals surface area contributed by atoms with Gasteiger partial charge in [0.2, 0.25) is 0 Å². The Morgan fingerprint density at radius 1 is 2.33 bits per heavy atom. The van der Waals surface area contributed by atoms with E-state index in [9.17, 15) is 0 Å². The van der Waals surface area contributed by atoms with Crippen molar-refractivity contribution in [2.75, 3.05) is 6.54 Å². The summed E-state index contributed by atoms with van der Waals surface area (Å²) in [4.78, 5) is 2.42. The first-order valence-electron chi connectivity index (χ1n) is 2.41. The highest BCUT2D eigenvalue weighted by molar-refractivity contribution is 4.68. The van der Waals surface area contributed by atoms with E-state index in [4.69, 9.17) is 8.27 Å². The molecule has 0 aromatic heterocycles. The summed E-state index contributed by atoms with van der Waals surface area (Å²) in [5.41, 5.74) is 7.69. The Labute approximate surface area is 38.7 Å². The van der Waals surface area contributed by atoms with Crippen LogP contribution in [0.15, 0.2) is 17.7 Å². The van der Waals surface area contributed by atoms with E-state index < -0.39 is 0 Å². The van der Waals surface area contributed by atoms with Crippen molar-refractivity contribution in [1.29, 1.82) is 0 Å². The van der Waals surface area contributed by atoms with Crippen LogP contribution in [0.1, 0.15) is 2.74 Å². The van der Waals surface area contributed by atoms with Crippen LogP contribution < -0.4 is 0 Å². The quantitative estimate of drug-likeness (QED) is 0.211. The fourth-order valence-electron chi connectivity index (χ4n) is 0.0773. The third kappa shape index (κ3) is 3.05. The van der Waals surface area contributed by atoms with Crippen LogP contribution in [-0.2, 0) is 0 Å². The maximum Gasteiger partial charge on any atom is 0.0534 e. The molecule has 3 heteroatoms. The lowest BCUT2D eigenvalue weighted by Crippen LogP contribution is -1.58. The molecule has 6 heavy (non-hydrogen) atoms. The fraction of sp³-hybridized carbons (Fsp3) is 0.333. The largest absolute Gasteiger partial charge is 0.103 e. The van der Waals surface area contributed by atoms with Crippen LogP contribution in [0, 0.1) is 0 Å². The first kappa shape index (κ1) is 2.26. The Morgan fingerprint density at radius 3 is 3.67 bits per heavy atom. The van der Waals surface area contributed by atoms with Crippen molar-refractivity contribution in [3.63, 3.8) is 0 Å². The van der Waals surface area contributed by atoms with E-state index in [1.165, 1.54) is 6.08 Å². The summed E-state index contributed by atoms with van der Waals surface area (Å²) in [6.07, 6.45) is 1.21. The van der Waals surface area contributed by atoms with Gasteiger partial charge in [0.1, 0.15) is 0 Å². The van der Waals surface area contributed by atoms with Gasteiger partial charge in [-0.15, -0.1) is 6.53 Å². The molecule has 0 spiro atoms. The van der Waals surface area contributed by atoms with Gasteiger partial charge in [-0.25, -0.2) is 0 Å². The van der Waals surface area contributed by atoms with Gasteiger partial charge in [0.25, 0.3) is 0 Å². The Bertz CT molecular complexity index is 131. The minimum Gasteiger partial charge on any atom is -0.103 e. The first-order valence-corrected chi connectivity index (χ1v) is 1.41. The van der Waals surface area contributed by atoms with E-state index in [1.807, 2.05) is 0 Å². The van der Waals surface area contributed by atoms with Crippen LogP contribution in [0.2, 0.25) is 0 Å².